The number of carbonyl (C=O) groups is 2. The Morgan fingerprint density at radius 2 is 1.76 bits per heavy atom. The van der Waals surface area contributed by atoms with Crippen molar-refractivity contribution in [3.05, 3.63) is 77.7 Å². The molecule has 2 heterocycles. The molecule has 2 aromatic carbocycles. The Bertz CT molecular complexity index is 1450. The van der Waals surface area contributed by atoms with Gasteiger partial charge in [-0.2, -0.15) is 10.2 Å². The summed E-state index contributed by atoms with van der Waals surface area (Å²) in [4.78, 5) is 25.7. The number of methoxy groups -OCH3 is 1. The van der Waals surface area contributed by atoms with Gasteiger partial charge in [-0.1, -0.05) is 24.3 Å². The molecule has 0 bridgehead atoms. The molecule has 192 valence electrons. The fourth-order valence-electron chi connectivity index (χ4n) is 4.00. The molecule has 0 saturated heterocycles. The van der Waals surface area contributed by atoms with E-state index in [0.717, 1.165) is 11.3 Å². The number of para-hydroxylation sites is 2. The summed E-state index contributed by atoms with van der Waals surface area (Å²) in [5.74, 6) is -0.191. The van der Waals surface area contributed by atoms with E-state index < -0.39 is 5.97 Å². The lowest BCUT2D eigenvalue weighted by Crippen LogP contribution is -2.29. The van der Waals surface area contributed by atoms with Crippen LogP contribution in [-0.4, -0.2) is 45.2 Å². The van der Waals surface area contributed by atoms with Crippen molar-refractivity contribution < 1.29 is 19.1 Å². The lowest BCUT2D eigenvalue weighted by molar-refractivity contribution is 0.0518. The van der Waals surface area contributed by atoms with Crippen molar-refractivity contribution in [3.63, 3.8) is 0 Å². The van der Waals surface area contributed by atoms with E-state index in [-0.39, 0.29) is 23.7 Å². The maximum Gasteiger partial charge on any atom is 0.358 e. The summed E-state index contributed by atoms with van der Waals surface area (Å²) in [6.45, 7) is 9.84. The monoisotopic (exact) mass is 501 g/mol. The average Bonchev–Trinajstić information content (AvgIpc) is 3.49. The van der Waals surface area contributed by atoms with Crippen molar-refractivity contribution in [1.82, 2.24) is 19.6 Å². The lowest BCUT2D eigenvalue weighted by Gasteiger charge is -2.22. The van der Waals surface area contributed by atoms with Crippen LogP contribution in [0.15, 0.2) is 60.7 Å². The average molecular weight is 502 g/mol. The molecule has 0 saturated carbocycles. The van der Waals surface area contributed by atoms with Crippen LogP contribution in [0.3, 0.4) is 0 Å². The van der Waals surface area contributed by atoms with Crippen LogP contribution < -0.4 is 10.1 Å². The number of benzene rings is 2. The van der Waals surface area contributed by atoms with Gasteiger partial charge in [-0.15, -0.1) is 0 Å². The normalized spacial score (nSPS) is 11.3. The molecule has 0 aliphatic heterocycles. The molecular formula is C28H31N5O4. The summed E-state index contributed by atoms with van der Waals surface area (Å²) < 4.78 is 14.1. The first-order valence-electron chi connectivity index (χ1n) is 12.0. The minimum Gasteiger partial charge on any atom is -0.494 e. The van der Waals surface area contributed by atoms with Crippen molar-refractivity contribution in [3.8, 4) is 22.7 Å². The van der Waals surface area contributed by atoms with Crippen LogP contribution in [0.5, 0.6) is 5.75 Å². The molecule has 37 heavy (non-hydrogen) atoms. The Morgan fingerprint density at radius 3 is 2.46 bits per heavy atom. The molecular weight excluding hydrogens is 470 g/mol. The predicted molar refractivity (Wildman–Crippen MR) is 141 cm³/mol. The zero-order valence-electron chi connectivity index (χ0n) is 21.9. The number of hydrogen-bond acceptors (Lipinski definition) is 6. The van der Waals surface area contributed by atoms with Gasteiger partial charge in [-0.05, 0) is 71.0 Å². The number of nitrogens with zero attached hydrogens (tertiary/aromatic N) is 4. The molecule has 2 aromatic heterocycles. The van der Waals surface area contributed by atoms with Gasteiger partial charge >= 0.3 is 5.97 Å². The number of amides is 1. The van der Waals surface area contributed by atoms with E-state index in [2.05, 4.69) is 15.5 Å². The molecule has 4 rings (SSSR count). The topological polar surface area (TPSA) is 100 Å². The number of hydrogen-bond donors (Lipinski definition) is 1. The highest BCUT2D eigenvalue weighted by atomic mass is 16.5. The smallest absolute Gasteiger partial charge is 0.358 e. The highest BCUT2D eigenvalue weighted by Gasteiger charge is 2.24. The molecule has 9 nitrogen and oxygen atoms in total. The SMILES string of the molecule is CCOC(=O)c1cc(-c2cccc(NC(=O)c3cc(C)nn3C(C)(C)C)c2)n(-c2ccccc2OC)n1. The van der Waals surface area contributed by atoms with Crippen LogP contribution in [-0.2, 0) is 10.3 Å². The maximum absolute atomic E-state index is 13.2. The molecule has 9 heteroatoms. The highest BCUT2D eigenvalue weighted by molar-refractivity contribution is 6.03. The van der Waals surface area contributed by atoms with Crippen molar-refractivity contribution >= 4 is 17.6 Å². The third kappa shape index (κ3) is 5.40. The van der Waals surface area contributed by atoms with Gasteiger partial charge in [0.05, 0.1) is 30.6 Å². The summed E-state index contributed by atoms with van der Waals surface area (Å²) in [7, 11) is 1.58. The van der Waals surface area contributed by atoms with Gasteiger partial charge in [-0.25, -0.2) is 9.48 Å². The fourth-order valence-corrected chi connectivity index (χ4v) is 4.00. The van der Waals surface area contributed by atoms with Gasteiger partial charge in [0.15, 0.2) is 5.69 Å². The number of esters is 1. The third-order valence-electron chi connectivity index (χ3n) is 5.62. The summed E-state index contributed by atoms with van der Waals surface area (Å²) >= 11 is 0. The minimum atomic E-state index is -0.521. The molecule has 0 fully saturated rings. The van der Waals surface area contributed by atoms with Crippen LogP contribution in [0, 0.1) is 6.92 Å². The molecule has 1 N–H and O–H groups in total. The van der Waals surface area contributed by atoms with E-state index in [1.54, 1.807) is 35.5 Å². The molecule has 0 radical (unpaired) electrons. The summed E-state index contributed by atoms with van der Waals surface area (Å²) in [6.07, 6.45) is 0. The van der Waals surface area contributed by atoms with E-state index in [4.69, 9.17) is 9.47 Å². The number of aryl methyl sites for hydroxylation is 1. The molecule has 0 spiro atoms. The first-order valence-corrected chi connectivity index (χ1v) is 12.0. The zero-order valence-corrected chi connectivity index (χ0v) is 21.9. The van der Waals surface area contributed by atoms with Crippen LogP contribution in [0.1, 0.15) is 54.4 Å². The van der Waals surface area contributed by atoms with E-state index in [1.807, 2.05) is 76.2 Å². The van der Waals surface area contributed by atoms with Crippen LogP contribution >= 0.6 is 0 Å². The fraction of sp³-hybridized carbons (Fsp3) is 0.286. The standard InChI is InChI=1S/C28H31N5O4/c1-7-37-27(35)21-17-23(32(31-21)22-13-8-9-14-25(22)36-6)19-11-10-12-20(16-19)29-26(34)24-15-18(2)30-33(24)28(3,4)5/h8-17H,7H2,1-6H3,(H,29,34). The number of aromatic nitrogens is 4. The van der Waals surface area contributed by atoms with Crippen molar-refractivity contribution in [2.24, 2.45) is 0 Å². The Labute approximate surface area is 216 Å². The number of nitrogens with one attached hydrogen (secondary N) is 1. The second-order valence-electron chi connectivity index (χ2n) is 9.51. The van der Waals surface area contributed by atoms with E-state index in [0.29, 0.717) is 28.5 Å². The predicted octanol–water partition coefficient (Wildman–Crippen LogP) is 5.24. The van der Waals surface area contributed by atoms with Gasteiger partial charge in [0.25, 0.3) is 5.91 Å². The Hall–Kier alpha value is -4.40. The van der Waals surface area contributed by atoms with Gasteiger partial charge in [0.2, 0.25) is 0 Å². The maximum atomic E-state index is 13.2. The summed E-state index contributed by atoms with van der Waals surface area (Å²) in [5, 5.41) is 12.0. The first kappa shape index (κ1) is 25.7. The van der Waals surface area contributed by atoms with Crippen LogP contribution in [0.2, 0.25) is 0 Å². The molecule has 1 amide bonds. The molecule has 0 aliphatic carbocycles. The van der Waals surface area contributed by atoms with E-state index in [9.17, 15) is 9.59 Å². The van der Waals surface area contributed by atoms with Crippen molar-refractivity contribution in [1.29, 1.82) is 0 Å². The van der Waals surface area contributed by atoms with Crippen molar-refractivity contribution in [2.45, 2.75) is 40.2 Å². The molecule has 0 aliphatic rings. The quantitative estimate of drug-likeness (QED) is 0.348. The zero-order chi connectivity index (χ0) is 26.7. The van der Waals surface area contributed by atoms with Gasteiger partial charge < -0.3 is 14.8 Å². The summed E-state index contributed by atoms with van der Waals surface area (Å²) in [5.41, 5.74) is 3.68. The third-order valence-corrected chi connectivity index (χ3v) is 5.62. The van der Waals surface area contributed by atoms with Gasteiger partial charge in [-0.3, -0.25) is 9.48 Å². The number of carbonyl (C=O) groups excluding carboxylic acids is 2. The minimum absolute atomic E-state index is 0.168. The second kappa shape index (κ2) is 10.3. The van der Waals surface area contributed by atoms with Crippen LogP contribution in [0.25, 0.3) is 16.9 Å². The Morgan fingerprint density at radius 1 is 1.00 bits per heavy atom. The Kier molecular flexibility index (Phi) is 7.15. The summed E-state index contributed by atoms with van der Waals surface area (Å²) in [6, 6.07) is 18.2. The van der Waals surface area contributed by atoms with E-state index in [1.165, 1.54) is 0 Å². The number of rotatable bonds is 7. The molecule has 0 unspecified atom stereocenters. The first-order chi connectivity index (χ1) is 17.6. The second-order valence-corrected chi connectivity index (χ2v) is 9.51. The number of anilines is 1. The Balaban J connectivity index is 1.75. The van der Waals surface area contributed by atoms with Gasteiger partial charge in [0.1, 0.15) is 17.1 Å². The van der Waals surface area contributed by atoms with Crippen LogP contribution in [0.4, 0.5) is 5.69 Å². The molecule has 4 aromatic rings. The highest BCUT2D eigenvalue weighted by Crippen LogP contribution is 2.31. The number of ether oxygens (including phenoxy) is 2. The lowest BCUT2D eigenvalue weighted by atomic mass is 10.1. The van der Waals surface area contributed by atoms with Crippen molar-refractivity contribution in [2.75, 3.05) is 19.0 Å². The molecule has 0 atom stereocenters. The largest absolute Gasteiger partial charge is 0.494 e. The van der Waals surface area contributed by atoms with E-state index >= 15 is 0 Å². The van der Waals surface area contributed by atoms with Gasteiger partial charge in [0, 0.05) is 11.3 Å².